The number of furan rings is 1. The third-order valence-electron chi connectivity index (χ3n) is 4.01. The number of nitrogens with zero attached hydrogens (tertiary/aromatic N) is 1. The number of rotatable bonds is 3. The molecule has 4 rings (SSSR count). The van der Waals surface area contributed by atoms with Crippen molar-refractivity contribution in [1.82, 2.24) is 9.97 Å². The van der Waals surface area contributed by atoms with Crippen molar-refractivity contribution >= 4 is 39.4 Å². The number of halogens is 1. The first-order chi connectivity index (χ1) is 12.5. The van der Waals surface area contributed by atoms with Crippen LogP contribution >= 0.6 is 11.6 Å². The Morgan fingerprint density at radius 3 is 2.96 bits per heavy atom. The first kappa shape index (κ1) is 16.4. The van der Waals surface area contributed by atoms with Gasteiger partial charge in [-0.15, -0.1) is 0 Å². The maximum atomic E-state index is 12.2. The maximum absolute atomic E-state index is 12.2. The summed E-state index contributed by atoms with van der Waals surface area (Å²) in [6.45, 7) is 1.69. The number of fused-ring (bicyclic) bond motifs is 2. The smallest absolute Gasteiger partial charge is 0.374 e. The Kier molecular flexibility index (Phi) is 3.97. The summed E-state index contributed by atoms with van der Waals surface area (Å²) in [5, 5.41) is 1.75. The molecule has 0 spiro atoms. The summed E-state index contributed by atoms with van der Waals surface area (Å²) >= 11 is 5.92. The summed E-state index contributed by atoms with van der Waals surface area (Å²) < 4.78 is 10.7. The highest BCUT2D eigenvalue weighted by Gasteiger charge is 2.15. The Balaban J connectivity index is 1.58. The third-order valence-corrected chi connectivity index (χ3v) is 4.24. The second-order valence-corrected chi connectivity index (χ2v) is 6.29. The lowest BCUT2D eigenvalue weighted by Gasteiger charge is -2.05. The third kappa shape index (κ3) is 2.95. The molecule has 130 valence electrons. The van der Waals surface area contributed by atoms with Gasteiger partial charge < -0.3 is 14.1 Å². The molecule has 2 heterocycles. The Hall–Kier alpha value is -3.12. The molecule has 0 saturated carbocycles. The normalized spacial score (nSPS) is 11.2. The number of aromatic nitrogens is 2. The number of benzene rings is 2. The number of esters is 1. The Bertz CT molecular complexity index is 1210. The average Bonchev–Trinajstić information content (AvgIpc) is 3.04. The van der Waals surface area contributed by atoms with Gasteiger partial charge in [-0.2, -0.15) is 0 Å². The molecule has 7 heteroatoms. The van der Waals surface area contributed by atoms with Gasteiger partial charge in [-0.25, -0.2) is 9.78 Å². The van der Waals surface area contributed by atoms with E-state index in [0.29, 0.717) is 26.9 Å². The Morgan fingerprint density at radius 1 is 1.27 bits per heavy atom. The lowest BCUT2D eigenvalue weighted by Crippen LogP contribution is -2.14. The predicted octanol–water partition coefficient (Wildman–Crippen LogP) is 3.99. The molecule has 2 aromatic heterocycles. The summed E-state index contributed by atoms with van der Waals surface area (Å²) in [7, 11) is 0. The van der Waals surface area contributed by atoms with Gasteiger partial charge in [-0.3, -0.25) is 4.79 Å². The highest BCUT2D eigenvalue weighted by atomic mass is 35.5. The SMILES string of the molecule is Cc1cccc2c(=O)[nH]c(COC(=O)c3cc4cc(Cl)ccc4o3)nc12. The number of carbonyl (C=O) groups is 1. The number of ether oxygens (including phenoxy) is 1. The second kappa shape index (κ2) is 6.31. The first-order valence-electron chi connectivity index (χ1n) is 7.86. The topological polar surface area (TPSA) is 85.2 Å². The molecule has 26 heavy (non-hydrogen) atoms. The lowest BCUT2D eigenvalue weighted by molar-refractivity contribution is 0.0428. The maximum Gasteiger partial charge on any atom is 0.374 e. The zero-order chi connectivity index (χ0) is 18.3. The molecule has 0 saturated heterocycles. The van der Waals surface area contributed by atoms with E-state index in [-0.39, 0.29) is 23.8 Å². The molecule has 6 nitrogen and oxygen atoms in total. The van der Waals surface area contributed by atoms with E-state index in [2.05, 4.69) is 9.97 Å². The highest BCUT2D eigenvalue weighted by Crippen LogP contribution is 2.23. The van der Waals surface area contributed by atoms with Gasteiger partial charge in [0.2, 0.25) is 5.76 Å². The summed E-state index contributed by atoms with van der Waals surface area (Å²) in [4.78, 5) is 31.4. The van der Waals surface area contributed by atoms with Crippen LogP contribution in [0.5, 0.6) is 0 Å². The van der Waals surface area contributed by atoms with Crippen molar-refractivity contribution in [2.24, 2.45) is 0 Å². The quantitative estimate of drug-likeness (QED) is 0.553. The van der Waals surface area contributed by atoms with Gasteiger partial charge in [-0.1, -0.05) is 23.7 Å². The fourth-order valence-electron chi connectivity index (χ4n) is 2.74. The van der Waals surface area contributed by atoms with Crippen LogP contribution in [-0.2, 0) is 11.3 Å². The minimum absolute atomic E-state index is 0.0570. The van der Waals surface area contributed by atoms with Crippen molar-refractivity contribution < 1.29 is 13.9 Å². The van der Waals surface area contributed by atoms with Gasteiger partial charge in [0, 0.05) is 10.4 Å². The van der Waals surface area contributed by atoms with Crippen LogP contribution in [0.15, 0.2) is 51.7 Å². The van der Waals surface area contributed by atoms with Crippen molar-refractivity contribution in [3.8, 4) is 0 Å². The summed E-state index contributed by atoms with van der Waals surface area (Å²) in [5.74, 6) is -0.323. The molecular formula is C19H13ClN2O4. The summed E-state index contributed by atoms with van der Waals surface area (Å²) in [6, 6.07) is 12.0. The number of carbonyl (C=O) groups excluding carboxylic acids is 1. The van der Waals surface area contributed by atoms with Crippen molar-refractivity contribution in [2.45, 2.75) is 13.5 Å². The van der Waals surface area contributed by atoms with Gasteiger partial charge in [0.05, 0.1) is 10.9 Å². The van der Waals surface area contributed by atoms with E-state index in [1.165, 1.54) is 0 Å². The second-order valence-electron chi connectivity index (χ2n) is 5.85. The number of para-hydroxylation sites is 1. The fraction of sp³-hybridized carbons (Fsp3) is 0.105. The zero-order valence-electron chi connectivity index (χ0n) is 13.7. The number of H-pyrrole nitrogens is 1. The molecule has 0 atom stereocenters. The predicted molar refractivity (Wildman–Crippen MR) is 97.4 cm³/mol. The fourth-order valence-corrected chi connectivity index (χ4v) is 2.92. The number of hydrogen-bond acceptors (Lipinski definition) is 5. The highest BCUT2D eigenvalue weighted by molar-refractivity contribution is 6.31. The number of hydrogen-bond donors (Lipinski definition) is 1. The van der Waals surface area contributed by atoms with E-state index < -0.39 is 5.97 Å². The molecule has 0 amide bonds. The van der Waals surface area contributed by atoms with Crippen LogP contribution in [0, 0.1) is 6.92 Å². The molecule has 0 radical (unpaired) electrons. The van der Waals surface area contributed by atoms with Gasteiger partial charge in [0.1, 0.15) is 18.0 Å². The molecule has 0 aliphatic carbocycles. The molecule has 0 unspecified atom stereocenters. The van der Waals surface area contributed by atoms with Crippen LogP contribution in [0.25, 0.3) is 21.9 Å². The Morgan fingerprint density at radius 2 is 2.12 bits per heavy atom. The van der Waals surface area contributed by atoms with Gasteiger partial charge in [-0.05, 0) is 42.8 Å². The van der Waals surface area contributed by atoms with Crippen LogP contribution in [0.4, 0.5) is 0 Å². The van der Waals surface area contributed by atoms with Crippen LogP contribution in [-0.4, -0.2) is 15.9 Å². The van der Waals surface area contributed by atoms with E-state index in [1.807, 2.05) is 13.0 Å². The number of aromatic amines is 1. The summed E-state index contributed by atoms with van der Waals surface area (Å²) in [5.41, 5.74) is 1.72. The van der Waals surface area contributed by atoms with Crippen LogP contribution in [0.3, 0.4) is 0 Å². The Labute approximate surface area is 152 Å². The molecule has 0 aliphatic heterocycles. The van der Waals surface area contributed by atoms with Crippen molar-refractivity contribution in [3.63, 3.8) is 0 Å². The van der Waals surface area contributed by atoms with Crippen LogP contribution < -0.4 is 5.56 Å². The van der Waals surface area contributed by atoms with E-state index in [9.17, 15) is 9.59 Å². The monoisotopic (exact) mass is 368 g/mol. The van der Waals surface area contributed by atoms with Crippen molar-refractivity contribution in [1.29, 1.82) is 0 Å². The molecule has 4 aromatic rings. The first-order valence-corrected chi connectivity index (χ1v) is 8.24. The number of nitrogens with one attached hydrogen (secondary N) is 1. The number of aryl methyl sites for hydroxylation is 1. The van der Waals surface area contributed by atoms with E-state index in [0.717, 1.165) is 5.56 Å². The molecule has 0 aliphatic rings. The standard InChI is InChI=1S/C19H13ClN2O4/c1-10-3-2-4-13-17(10)21-16(22-18(13)23)9-25-19(24)15-8-11-7-12(20)5-6-14(11)26-15/h2-8H,9H2,1H3,(H,21,22,23). The molecule has 1 N–H and O–H groups in total. The van der Waals surface area contributed by atoms with E-state index >= 15 is 0 Å². The van der Waals surface area contributed by atoms with Crippen molar-refractivity contribution in [3.05, 3.63) is 75.0 Å². The lowest BCUT2D eigenvalue weighted by atomic mass is 10.1. The molecule has 2 aromatic carbocycles. The average molecular weight is 369 g/mol. The molecular weight excluding hydrogens is 356 g/mol. The minimum Gasteiger partial charge on any atom is -0.452 e. The van der Waals surface area contributed by atoms with Gasteiger partial charge in [0.15, 0.2) is 0 Å². The largest absolute Gasteiger partial charge is 0.452 e. The van der Waals surface area contributed by atoms with E-state index in [1.54, 1.807) is 36.4 Å². The zero-order valence-corrected chi connectivity index (χ0v) is 14.5. The van der Waals surface area contributed by atoms with Crippen LogP contribution in [0.2, 0.25) is 5.02 Å². The summed E-state index contributed by atoms with van der Waals surface area (Å²) in [6.07, 6.45) is 0. The van der Waals surface area contributed by atoms with E-state index in [4.69, 9.17) is 20.8 Å². The van der Waals surface area contributed by atoms with Crippen molar-refractivity contribution in [2.75, 3.05) is 0 Å². The van der Waals surface area contributed by atoms with Gasteiger partial charge in [0.25, 0.3) is 5.56 Å². The minimum atomic E-state index is -0.648. The van der Waals surface area contributed by atoms with Crippen LogP contribution in [0.1, 0.15) is 21.9 Å². The molecule has 0 bridgehead atoms. The van der Waals surface area contributed by atoms with Gasteiger partial charge >= 0.3 is 5.97 Å². The molecule has 0 fully saturated rings.